The molecule has 0 unspecified atom stereocenters. The van der Waals surface area contributed by atoms with Crippen LogP contribution in [0.15, 0.2) is 18.2 Å². The number of carbonyl (C=O) groups is 1. The molecule has 0 aromatic heterocycles. The van der Waals surface area contributed by atoms with E-state index in [1.165, 1.54) is 0 Å². The molecule has 22 heavy (non-hydrogen) atoms. The van der Waals surface area contributed by atoms with Crippen molar-refractivity contribution < 1.29 is 4.79 Å². The van der Waals surface area contributed by atoms with Crippen molar-refractivity contribution in [3.05, 3.63) is 28.2 Å². The number of carbonyl (C=O) groups excluding carboxylic acids is 1. The van der Waals surface area contributed by atoms with Crippen molar-refractivity contribution in [1.29, 1.82) is 0 Å². The summed E-state index contributed by atoms with van der Waals surface area (Å²) in [4.78, 5) is 18.1. The van der Waals surface area contributed by atoms with Gasteiger partial charge in [0.15, 0.2) is 0 Å². The molecule has 2 amide bonds. The third-order valence-electron chi connectivity index (χ3n) is 3.65. The van der Waals surface area contributed by atoms with Gasteiger partial charge in [0.1, 0.15) is 0 Å². The van der Waals surface area contributed by atoms with Gasteiger partial charge in [-0.25, -0.2) is 4.79 Å². The molecule has 122 valence electrons. The van der Waals surface area contributed by atoms with Crippen LogP contribution in [0.4, 0.5) is 10.5 Å². The Morgan fingerprint density at radius 3 is 2.55 bits per heavy atom. The second kappa shape index (κ2) is 7.90. The number of benzene rings is 1. The fourth-order valence-electron chi connectivity index (χ4n) is 2.38. The maximum absolute atomic E-state index is 12.1. The molecule has 0 radical (unpaired) electrons. The Labute approximate surface area is 141 Å². The molecule has 1 fully saturated rings. The summed E-state index contributed by atoms with van der Waals surface area (Å²) in [5, 5.41) is 4.30. The van der Waals surface area contributed by atoms with Crippen LogP contribution in [0.25, 0.3) is 0 Å². The van der Waals surface area contributed by atoms with Crippen LogP contribution in [0.1, 0.15) is 0 Å². The van der Waals surface area contributed by atoms with E-state index < -0.39 is 0 Å². The molecule has 2 rings (SSSR count). The molecule has 0 atom stereocenters. The Balaban J connectivity index is 1.85. The average molecular weight is 345 g/mol. The van der Waals surface area contributed by atoms with Crippen LogP contribution in [0.3, 0.4) is 0 Å². The Bertz CT molecular complexity index is 516. The van der Waals surface area contributed by atoms with Gasteiger partial charge in [-0.3, -0.25) is 0 Å². The van der Waals surface area contributed by atoms with Crippen LogP contribution in [0, 0.1) is 0 Å². The first-order valence-corrected chi connectivity index (χ1v) is 8.10. The lowest BCUT2D eigenvalue weighted by Crippen LogP contribution is -2.52. The van der Waals surface area contributed by atoms with Gasteiger partial charge in [0, 0.05) is 44.3 Å². The molecule has 0 bridgehead atoms. The highest BCUT2D eigenvalue weighted by molar-refractivity contribution is 6.35. The number of anilines is 1. The molecule has 1 N–H and O–H groups in total. The van der Waals surface area contributed by atoms with Gasteiger partial charge in [-0.1, -0.05) is 23.2 Å². The summed E-state index contributed by atoms with van der Waals surface area (Å²) >= 11 is 12.3. The van der Waals surface area contributed by atoms with Crippen molar-refractivity contribution in [3.63, 3.8) is 0 Å². The molecule has 5 nitrogen and oxygen atoms in total. The van der Waals surface area contributed by atoms with Gasteiger partial charge in [0.25, 0.3) is 0 Å². The number of piperazine rings is 1. The van der Waals surface area contributed by atoms with Crippen molar-refractivity contribution in [3.8, 4) is 0 Å². The normalized spacial score (nSPS) is 15.3. The SMILES string of the molecule is CN(C)CCNC(=O)N1CCN(c2cc(Cl)ccc2Cl)CC1. The summed E-state index contributed by atoms with van der Waals surface area (Å²) < 4.78 is 0. The van der Waals surface area contributed by atoms with Crippen LogP contribution in [0.2, 0.25) is 10.0 Å². The first kappa shape index (κ1) is 17.2. The van der Waals surface area contributed by atoms with E-state index in [1.807, 2.05) is 30.0 Å². The highest BCUT2D eigenvalue weighted by atomic mass is 35.5. The first-order chi connectivity index (χ1) is 10.5. The maximum atomic E-state index is 12.1. The Morgan fingerprint density at radius 1 is 1.23 bits per heavy atom. The summed E-state index contributed by atoms with van der Waals surface area (Å²) in [6.45, 7) is 4.35. The monoisotopic (exact) mass is 344 g/mol. The summed E-state index contributed by atoms with van der Waals surface area (Å²) in [5.41, 5.74) is 0.932. The highest BCUT2D eigenvalue weighted by Crippen LogP contribution is 2.29. The lowest BCUT2D eigenvalue weighted by atomic mass is 10.2. The number of rotatable bonds is 4. The highest BCUT2D eigenvalue weighted by Gasteiger charge is 2.22. The lowest BCUT2D eigenvalue weighted by molar-refractivity contribution is 0.193. The van der Waals surface area contributed by atoms with E-state index in [4.69, 9.17) is 23.2 Å². The fraction of sp³-hybridized carbons (Fsp3) is 0.533. The molecule has 0 aliphatic carbocycles. The molecular formula is C15H22Cl2N4O. The number of hydrogen-bond acceptors (Lipinski definition) is 3. The van der Waals surface area contributed by atoms with E-state index in [1.54, 1.807) is 12.1 Å². The van der Waals surface area contributed by atoms with Crippen molar-refractivity contribution in [1.82, 2.24) is 15.1 Å². The summed E-state index contributed by atoms with van der Waals surface area (Å²) in [5.74, 6) is 0. The summed E-state index contributed by atoms with van der Waals surface area (Å²) in [7, 11) is 3.97. The van der Waals surface area contributed by atoms with E-state index in [-0.39, 0.29) is 6.03 Å². The summed E-state index contributed by atoms with van der Waals surface area (Å²) in [6.07, 6.45) is 0. The molecule has 0 spiro atoms. The van der Waals surface area contributed by atoms with Gasteiger partial charge in [-0.2, -0.15) is 0 Å². The largest absolute Gasteiger partial charge is 0.367 e. The van der Waals surface area contributed by atoms with E-state index in [2.05, 4.69) is 10.2 Å². The van der Waals surface area contributed by atoms with Gasteiger partial charge in [0.2, 0.25) is 0 Å². The van der Waals surface area contributed by atoms with Crippen molar-refractivity contribution in [2.45, 2.75) is 0 Å². The molecule has 7 heteroatoms. The molecule has 1 heterocycles. The predicted octanol–water partition coefficient (Wildman–Crippen LogP) is 2.39. The van der Waals surface area contributed by atoms with Gasteiger partial charge >= 0.3 is 6.03 Å². The Morgan fingerprint density at radius 2 is 1.91 bits per heavy atom. The van der Waals surface area contributed by atoms with E-state index in [0.717, 1.165) is 25.3 Å². The molecule has 1 aromatic carbocycles. The van der Waals surface area contributed by atoms with Crippen molar-refractivity contribution in [2.24, 2.45) is 0 Å². The van der Waals surface area contributed by atoms with Gasteiger partial charge in [-0.15, -0.1) is 0 Å². The number of amides is 2. The van der Waals surface area contributed by atoms with Gasteiger partial charge in [0.05, 0.1) is 10.7 Å². The number of nitrogens with one attached hydrogen (secondary N) is 1. The quantitative estimate of drug-likeness (QED) is 0.911. The maximum Gasteiger partial charge on any atom is 0.317 e. The zero-order valence-electron chi connectivity index (χ0n) is 13.0. The smallest absolute Gasteiger partial charge is 0.317 e. The molecule has 1 aliphatic heterocycles. The second-order valence-electron chi connectivity index (χ2n) is 5.61. The van der Waals surface area contributed by atoms with Crippen molar-refractivity contribution in [2.75, 3.05) is 58.3 Å². The van der Waals surface area contributed by atoms with Crippen molar-refractivity contribution >= 4 is 34.9 Å². The summed E-state index contributed by atoms with van der Waals surface area (Å²) in [6, 6.07) is 5.46. The third kappa shape index (κ3) is 4.66. The van der Waals surface area contributed by atoms with E-state index in [9.17, 15) is 4.79 Å². The minimum atomic E-state index is -0.00121. The molecule has 0 saturated carbocycles. The van der Waals surface area contributed by atoms with Gasteiger partial charge < -0.3 is 20.0 Å². The van der Waals surface area contributed by atoms with Crippen LogP contribution in [0.5, 0.6) is 0 Å². The van der Waals surface area contributed by atoms with Crippen LogP contribution < -0.4 is 10.2 Å². The third-order valence-corrected chi connectivity index (χ3v) is 4.21. The topological polar surface area (TPSA) is 38.8 Å². The predicted molar refractivity (Wildman–Crippen MR) is 92.2 cm³/mol. The van der Waals surface area contributed by atoms with E-state index >= 15 is 0 Å². The fourth-order valence-corrected chi connectivity index (χ4v) is 2.78. The standard InChI is InChI=1S/C15H22Cl2N4O/c1-19(2)6-5-18-15(22)21-9-7-20(8-10-21)14-11-12(16)3-4-13(14)17/h3-4,11H,5-10H2,1-2H3,(H,18,22). The average Bonchev–Trinajstić information content (AvgIpc) is 2.49. The second-order valence-corrected chi connectivity index (χ2v) is 6.45. The number of halogens is 2. The van der Waals surface area contributed by atoms with E-state index in [0.29, 0.717) is 29.7 Å². The number of hydrogen-bond donors (Lipinski definition) is 1. The van der Waals surface area contributed by atoms with Crippen LogP contribution >= 0.6 is 23.2 Å². The van der Waals surface area contributed by atoms with Gasteiger partial charge in [-0.05, 0) is 32.3 Å². The number of likely N-dealkylation sites (N-methyl/N-ethyl adjacent to an activating group) is 1. The van der Waals surface area contributed by atoms with Crippen LogP contribution in [-0.2, 0) is 0 Å². The zero-order valence-corrected chi connectivity index (χ0v) is 14.5. The Hall–Kier alpha value is -1.17. The molecule has 1 saturated heterocycles. The lowest BCUT2D eigenvalue weighted by Gasteiger charge is -2.36. The number of nitrogens with zero attached hydrogens (tertiary/aromatic N) is 3. The minimum Gasteiger partial charge on any atom is -0.367 e. The van der Waals surface area contributed by atoms with Crippen LogP contribution in [-0.4, -0.2) is 69.2 Å². The minimum absolute atomic E-state index is 0.00121. The molecule has 1 aliphatic rings. The Kier molecular flexibility index (Phi) is 6.17. The zero-order chi connectivity index (χ0) is 16.1. The first-order valence-electron chi connectivity index (χ1n) is 7.35. The molecular weight excluding hydrogens is 323 g/mol. The molecule has 1 aromatic rings. The number of urea groups is 1.